The fourth-order valence-electron chi connectivity index (χ4n) is 3.31. The lowest BCUT2D eigenvalue weighted by atomic mass is 9.86. The van der Waals surface area contributed by atoms with Crippen molar-refractivity contribution in [1.82, 2.24) is 15.1 Å². The van der Waals surface area contributed by atoms with Gasteiger partial charge in [-0.1, -0.05) is 20.8 Å². The maximum Gasteiger partial charge on any atom is 0.252 e. The monoisotopic (exact) mass is 354 g/mol. The van der Waals surface area contributed by atoms with E-state index in [1.165, 1.54) is 0 Å². The van der Waals surface area contributed by atoms with Crippen molar-refractivity contribution >= 4 is 17.4 Å². The molecular weight excluding hydrogens is 328 g/mol. The molecule has 138 valence electrons. The fourth-order valence-corrected chi connectivity index (χ4v) is 3.31. The molecule has 1 amide bonds. The Hall–Kier alpha value is -2.47. The summed E-state index contributed by atoms with van der Waals surface area (Å²) in [5.41, 5.74) is 0.225. The van der Waals surface area contributed by atoms with Crippen molar-refractivity contribution in [3.63, 3.8) is 0 Å². The minimum atomic E-state index is -0.686. The first kappa shape index (κ1) is 18.3. The third-order valence-electron chi connectivity index (χ3n) is 4.88. The molecule has 1 saturated heterocycles. The van der Waals surface area contributed by atoms with Crippen LogP contribution in [0.15, 0.2) is 42.7 Å². The van der Waals surface area contributed by atoms with Gasteiger partial charge in [-0.15, -0.1) is 0 Å². The van der Waals surface area contributed by atoms with Crippen LogP contribution in [0.1, 0.15) is 44.0 Å². The average Bonchev–Trinajstić information content (AvgIpc) is 3.17. The number of anilines is 1. The van der Waals surface area contributed by atoms with Gasteiger partial charge in [-0.05, 0) is 56.3 Å². The van der Waals surface area contributed by atoms with Crippen LogP contribution in [0.4, 0.5) is 5.69 Å². The zero-order valence-corrected chi connectivity index (χ0v) is 15.6. The van der Waals surface area contributed by atoms with E-state index in [1.54, 1.807) is 35.1 Å². The van der Waals surface area contributed by atoms with Crippen LogP contribution < -0.4 is 10.6 Å². The van der Waals surface area contributed by atoms with Crippen molar-refractivity contribution in [2.24, 2.45) is 5.41 Å². The topological polar surface area (TPSA) is 76.0 Å². The number of aromatic nitrogens is 2. The molecule has 0 bridgehead atoms. The molecule has 6 nitrogen and oxygen atoms in total. The molecule has 3 rings (SSSR count). The van der Waals surface area contributed by atoms with E-state index in [9.17, 15) is 9.59 Å². The van der Waals surface area contributed by atoms with Gasteiger partial charge >= 0.3 is 0 Å². The predicted molar refractivity (Wildman–Crippen MR) is 101 cm³/mol. The number of rotatable bonds is 4. The van der Waals surface area contributed by atoms with Crippen LogP contribution in [0, 0.1) is 5.41 Å². The largest absolute Gasteiger partial charge is 0.324 e. The number of nitrogens with one attached hydrogen (secondary N) is 2. The number of hydrogen-bond acceptors (Lipinski definition) is 4. The lowest BCUT2D eigenvalue weighted by molar-refractivity contribution is -0.126. The molecule has 1 aliphatic rings. The Balaban J connectivity index is 1.79. The quantitative estimate of drug-likeness (QED) is 0.828. The molecule has 2 heterocycles. The lowest BCUT2D eigenvalue weighted by Crippen LogP contribution is -2.52. The Morgan fingerprint density at radius 3 is 2.35 bits per heavy atom. The molecule has 0 atom stereocenters. The lowest BCUT2D eigenvalue weighted by Gasteiger charge is -2.36. The summed E-state index contributed by atoms with van der Waals surface area (Å²) in [6.45, 7) is 7.24. The zero-order chi connectivity index (χ0) is 18.8. The highest BCUT2D eigenvalue weighted by molar-refractivity contribution is 6.01. The summed E-state index contributed by atoms with van der Waals surface area (Å²) in [5.74, 6) is 0.0133. The van der Waals surface area contributed by atoms with Crippen molar-refractivity contribution in [3.05, 3.63) is 48.3 Å². The van der Waals surface area contributed by atoms with E-state index in [-0.39, 0.29) is 11.7 Å². The number of carbonyl (C=O) groups excluding carboxylic acids is 2. The van der Waals surface area contributed by atoms with Crippen LogP contribution in [-0.4, -0.2) is 34.6 Å². The van der Waals surface area contributed by atoms with Crippen LogP contribution in [-0.2, 0) is 10.3 Å². The summed E-state index contributed by atoms with van der Waals surface area (Å²) in [4.78, 5) is 25.4. The van der Waals surface area contributed by atoms with Crippen molar-refractivity contribution in [1.29, 1.82) is 0 Å². The van der Waals surface area contributed by atoms with E-state index in [4.69, 9.17) is 0 Å². The molecule has 1 aliphatic heterocycles. The van der Waals surface area contributed by atoms with Crippen LogP contribution in [0.3, 0.4) is 0 Å². The van der Waals surface area contributed by atoms with Crippen LogP contribution in [0.2, 0.25) is 0 Å². The van der Waals surface area contributed by atoms with Gasteiger partial charge in [-0.3, -0.25) is 14.3 Å². The average molecular weight is 354 g/mol. The molecule has 0 saturated carbocycles. The summed E-state index contributed by atoms with van der Waals surface area (Å²) in [6.07, 6.45) is 4.90. The number of ketones is 1. The minimum absolute atomic E-state index is 0.0717. The first-order chi connectivity index (χ1) is 12.3. The van der Waals surface area contributed by atoms with Crippen LogP contribution in [0.25, 0.3) is 0 Å². The van der Waals surface area contributed by atoms with Gasteiger partial charge in [-0.2, -0.15) is 5.10 Å². The van der Waals surface area contributed by atoms with Gasteiger partial charge in [-0.25, -0.2) is 0 Å². The number of Topliss-reactive ketones (excluding diaryl/α,β-unsaturated/α-hetero) is 1. The number of amides is 1. The number of hydrogen-bond donors (Lipinski definition) is 2. The molecular formula is C20H26N4O2. The molecule has 0 unspecified atom stereocenters. The van der Waals surface area contributed by atoms with Gasteiger partial charge in [0.1, 0.15) is 5.54 Å². The van der Waals surface area contributed by atoms with E-state index in [0.29, 0.717) is 24.1 Å². The van der Waals surface area contributed by atoms with Crippen molar-refractivity contribution in [2.75, 3.05) is 18.4 Å². The molecule has 0 radical (unpaired) electrons. The van der Waals surface area contributed by atoms with E-state index in [0.717, 1.165) is 13.1 Å². The van der Waals surface area contributed by atoms with Crippen LogP contribution >= 0.6 is 0 Å². The smallest absolute Gasteiger partial charge is 0.252 e. The molecule has 0 spiro atoms. The third kappa shape index (κ3) is 3.55. The van der Waals surface area contributed by atoms with Gasteiger partial charge in [0, 0.05) is 29.1 Å². The molecule has 0 aliphatic carbocycles. The van der Waals surface area contributed by atoms with Crippen molar-refractivity contribution < 1.29 is 9.59 Å². The number of piperidine rings is 1. The molecule has 1 aromatic carbocycles. The maximum absolute atomic E-state index is 13.1. The Morgan fingerprint density at radius 1 is 1.15 bits per heavy atom. The van der Waals surface area contributed by atoms with Crippen LogP contribution in [0.5, 0.6) is 0 Å². The Morgan fingerprint density at radius 2 is 1.81 bits per heavy atom. The zero-order valence-electron chi connectivity index (χ0n) is 15.6. The maximum atomic E-state index is 13.1. The first-order valence-corrected chi connectivity index (χ1v) is 9.00. The fraction of sp³-hybridized carbons (Fsp3) is 0.450. The summed E-state index contributed by atoms with van der Waals surface area (Å²) < 4.78 is 1.76. The Bertz CT molecular complexity index is 767. The number of carbonyl (C=O) groups is 2. The Kier molecular flexibility index (Phi) is 4.96. The molecule has 6 heteroatoms. The second kappa shape index (κ2) is 7.03. The summed E-state index contributed by atoms with van der Waals surface area (Å²) in [7, 11) is 0. The molecule has 26 heavy (non-hydrogen) atoms. The van der Waals surface area contributed by atoms with Gasteiger partial charge in [0.15, 0.2) is 5.78 Å². The molecule has 2 aromatic rings. The molecule has 2 N–H and O–H groups in total. The first-order valence-electron chi connectivity index (χ1n) is 9.00. The van der Waals surface area contributed by atoms with Crippen molar-refractivity contribution in [2.45, 2.75) is 39.2 Å². The highest BCUT2D eigenvalue weighted by Gasteiger charge is 2.42. The predicted octanol–water partition coefficient (Wildman–Crippen LogP) is 2.83. The van der Waals surface area contributed by atoms with E-state index >= 15 is 0 Å². The van der Waals surface area contributed by atoms with Crippen molar-refractivity contribution in [3.8, 4) is 0 Å². The highest BCUT2D eigenvalue weighted by atomic mass is 16.2. The highest BCUT2D eigenvalue weighted by Crippen LogP contribution is 2.29. The molecule has 1 fully saturated rings. The van der Waals surface area contributed by atoms with E-state index in [1.807, 2.05) is 33.0 Å². The van der Waals surface area contributed by atoms with E-state index in [2.05, 4.69) is 15.7 Å². The summed E-state index contributed by atoms with van der Waals surface area (Å²) in [5, 5.41) is 10.6. The second-order valence-electron chi connectivity index (χ2n) is 7.84. The normalized spacial score (nSPS) is 16.9. The van der Waals surface area contributed by atoms with Gasteiger partial charge < -0.3 is 10.6 Å². The SMILES string of the molecule is CC(C)(C)C(=O)c1ccc(NC(=O)C2(n3cccn3)CCNCC2)cc1. The minimum Gasteiger partial charge on any atom is -0.324 e. The van der Waals surface area contributed by atoms with Gasteiger partial charge in [0.2, 0.25) is 0 Å². The molecule has 1 aromatic heterocycles. The van der Waals surface area contributed by atoms with Gasteiger partial charge in [0.25, 0.3) is 5.91 Å². The van der Waals surface area contributed by atoms with Gasteiger partial charge in [0.05, 0.1) is 0 Å². The third-order valence-corrected chi connectivity index (χ3v) is 4.88. The Labute approximate surface area is 154 Å². The number of nitrogens with zero attached hydrogens (tertiary/aromatic N) is 2. The summed E-state index contributed by atoms with van der Waals surface area (Å²) in [6, 6.07) is 8.95. The summed E-state index contributed by atoms with van der Waals surface area (Å²) >= 11 is 0. The second-order valence-corrected chi connectivity index (χ2v) is 7.84. The number of benzene rings is 1. The van der Waals surface area contributed by atoms with E-state index < -0.39 is 11.0 Å². The standard InChI is InChI=1S/C20H26N4O2/c1-19(2,3)17(25)15-5-7-16(8-6-15)23-18(26)20(9-12-21-13-10-20)24-14-4-11-22-24/h4-8,11,14,21H,9-10,12-13H2,1-3H3,(H,23,26).